The largest absolute Gasteiger partial charge is 0.493 e. The van der Waals surface area contributed by atoms with Gasteiger partial charge in [0.2, 0.25) is 0 Å². The van der Waals surface area contributed by atoms with Crippen LogP contribution in [-0.2, 0) is 0 Å². The summed E-state index contributed by atoms with van der Waals surface area (Å²) in [5.74, 6) is 0.969. The molecule has 3 heteroatoms. The highest BCUT2D eigenvalue weighted by molar-refractivity contribution is 5.72. The molecule has 132 valence electrons. The smallest absolute Gasteiger partial charge is 0.126 e. The van der Waals surface area contributed by atoms with Gasteiger partial charge in [-0.2, -0.15) is 0 Å². The Hall–Kier alpha value is -2.10. The van der Waals surface area contributed by atoms with Gasteiger partial charge in [-0.15, -0.1) is 0 Å². The van der Waals surface area contributed by atoms with E-state index in [1.165, 1.54) is 31.6 Å². The van der Waals surface area contributed by atoms with Crippen molar-refractivity contribution in [3.05, 3.63) is 65.7 Å². The highest BCUT2D eigenvalue weighted by Crippen LogP contribution is 2.21. The first-order valence-electron chi connectivity index (χ1n) is 9.30. The maximum atomic E-state index is 6.03. The van der Waals surface area contributed by atoms with Gasteiger partial charge in [-0.1, -0.05) is 60.7 Å². The molecule has 3 rings (SSSR count). The molecule has 0 unspecified atom stereocenters. The third kappa shape index (κ3) is 6.04. The second-order valence-corrected chi connectivity index (χ2v) is 6.43. The molecule has 0 atom stereocenters. The van der Waals surface area contributed by atoms with Crippen molar-refractivity contribution in [2.75, 3.05) is 39.3 Å². The molecule has 0 aromatic heterocycles. The van der Waals surface area contributed by atoms with E-state index in [0.29, 0.717) is 0 Å². The Morgan fingerprint density at radius 2 is 1.64 bits per heavy atom. The van der Waals surface area contributed by atoms with Crippen LogP contribution in [0.5, 0.6) is 5.75 Å². The molecule has 3 nitrogen and oxygen atoms in total. The van der Waals surface area contributed by atoms with Crippen molar-refractivity contribution in [1.29, 1.82) is 0 Å². The SMILES string of the molecule is C(=C\c1ccccc1OCCCCN1CCNCC1)/c1ccccc1. The molecule has 25 heavy (non-hydrogen) atoms. The lowest BCUT2D eigenvalue weighted by Crippen LogP contribution is -2.43. The standard InChI is InChI=1S/C22H28N2O/c1-2-8-20(9-3-1)12-13-21-10-4-5-11-22(21)25-19-7-6-16-24-17-14-23-15-18-24/h1-5,8-13,23H,6-7,14-19H2/b13-12+. The van der Waals surface area contributed by atoms with E-state index in [9.17, 15) is 0 Å². The zero-order valence-corrected chi connectivity index (χ0v) is 14.9. The number of para-hydroxylation sites is 1. The van der Waals surface area contributed by atoms with Crippen LogP contribution in [0.25, 0.3) is 12.2 Å². The molecular formula is C22H28N2O. The van der Waals surface area contributed by atoms with E-state index in [4.69, 9.17) is 4.74 Å². The number of ether oxygens (including phenoxy) is 1. The van der Waals surface area contributed by atoms with E-state index < -0.39 is 0 Å². The fourth-order valence-electron chi connectivity index (χ4n) is 3.05. The van der Waals surface area contributed by atoms with Gasteiger partial charge in [-0.05, 0) is 31.0 Å². The highest BCUT2D eigenvalue weighted by atomic mass is 16.5. The summed E-state index contributed by atoms with van der Waals surface area (Å²) in [7, 11) is 0. The van der Waals surface area contributed by atoms with Crippen LogP contribution in [0.4, 0.5) is 0 Å². The van der Waals surface area contributed by atoms with Crippen LogP contribution in [0.2, 0.25) is 0 Å². The van der Waals surface area contributed by atoms with Gasteiger partial charge in [0, 0.05) is 31.7 Å². The van der Waals surface area contributed by atoms with Gasteiger partial charge >= 0.3 is 0 Å². The number of nitrogens with one attached hydrogen (secondary N) is 1. The van der Waals surface area contributed by atoms with Gasteiger partial charge in [0.25, 0.3) is 0 Å². The fraction of sp³-hybridized carbons (Fsp3) is 0.364. The van der Waals surface area contributed by atoms with Gasteiger partial charge in [-0.25, -0.2) is 0 Å². The summed E-state index contributed by atoms with van der Waals surface area (Å²) in [5.41, 5.74) is 2.33. The van der Waals surface area contributed by atoms with E-state index in [0.717, 1.165) is 37.4 Å². The van der Waals surface area contributed by atoms with Crippen molar-refractivity contribution in [3.8, 4) is 5.75 Å². The highest BCUT2D eigenvalue weighted by Gasteiger charge is 2.08. The average Bonchev–Trinajstić information content (AvgIpc) is 2.68. The Kier molecular flexibility index (Phi) is 7.10. The molecule has 1 N–H and O–H groups in total. The molecule has 0 radical (unpaired) electrons. The number of hydrogen-bond acceptors (Lipinski definition) is 3. The first kappa shape index (κ1) is 17.7. The molecule has 0 amide bonds. The molecule has 0 bridgehead atoms. The van der Waals surface area contributed by atoms with E-state index in [-0.39, 0.29) is 0 Å². The molecule has 1 aliphatic heterocycles. The first-order chi connectivity index (χ1) is 12.4. The van der Waals surface area contributed by atoms with Gasteiger partial charge in [-0.3, -0.25) is 0 Å². The van der Waals surface area contributed by atoms with E-state index >= 15 is 0 Å². The van der Waals surface area contributed by atoms with Gasteiger partial charge < -0.3 is 15.0 Å². The summed E-state index contributed by atoms with van der Waals surface area (Å²) in [5, 5.41) is 3.39. The number of nitrogens with zero attached hydrogens (tertiary/aromatic N) is 1. The molecule has 0 aliphatic carbocycles. The number of benzene rings is 2. The van der Waals surface area contributed by atoms with Crippen molar-refractivity contribution in [1.82, 2.24) is 10.2 Å². The van der Waals surface area contributed by atoms with E-state index in [2.05, 4.69) is 64.8 Å². The van der Waals surface area contributed by atoms with Crippen LogP contribution in [0.3, 0.4) is 0 Å². The molecular weight excluding hydrogens is 308 g/mol. The summed E-state index contributed by atoms with van der Waals surface area (Å²) in [6.45, 7) is 6.56. The van der Waals surface area contributed by atoms with Crippen LogP contribution < -0.4 is 10.1 Å². The maximum Gasteiger partial charge on any atom is 0.126 e. The second kappa shape index (κ2) is 10.0. The molecule has 1 heterocycles. The maximum absolute atomic E-state index is 6.03. The van der Waals surface area contributed by atoms with Crippen LogP contribution in [0.1, 0.15) is 24.0 Å². The Labute approximate surface area is 151 Å². The molecule has 0 saturated carbocycles. The number of unbranched alkanes of at least 4 members (excludes halogenated alkanes) is 1. The van der Waals surface area contributed by atoms with Crippen molar-refractivity contribution < 1.29 is 4.74 Å². The van der Waals surface area contributed by atoms with Crippen molar-refractivity contribution >= 4 is 12.2 Å². The predicted octanol–water partition coefficient (Wildman–Crippen LogP) is 3.92. The third-order valence-electron chi connectivity index (χ3n) is 4.51. The van der Waals surface area contributed by atoms with Crippen LogP contribution in [-0.4, -0.2) is 44.2 Å². The topological polar surface area (TPSA) is 24.5 Å². The molecule has 2 aromatic rings. The zero-order chi connectivity index (χ0) is 17.2. The summed E-state index contributed by atoms with van der Waals surface area (Å²) >= 11 is 0. The summed E-state index contributed by atoms with van der Waals surface area (Å²) in [6.07, 6.45) is 6.56. The van der Waals surface area contributed by atoms with Crippen molar-refractivity contribution in [2.24, 2.45) is 0 Å². The van der Waals surface area contributed by atoms with Crippen molar-refractivity contribution in [3.63, 3.8) is 0 Å². The monoisotopic (exact) mass is 336 g/mol. The molecule has 0 spiro atoms. The summed E-state index contributed by atoms with van der Waals surface area (Å²) < 4.78 is 6.03. The lowest BCUT2D eigenvalue weighted by molar-refractivity contribution is 0.226. The normalized spacial score (nSPS) is 15.5. The van der Waals surface area contributed by atoms with E-state index in [1.807, 2.05) is 12.1 Å². The number of rotatable bonds is 8. The molecule has 1 saturated heterocycles. The average molecular weight is 336 g/mol. The Bertz CT molecular complexity index is 648. The number of hydrogen-bond donors (Lipinski definition) is 1. The Morgan fingerprint density at radius 1 is 0.880 bits per heavy atom. The van der Waals surface area contributed by atoms with Crippen molar-refractivity contribution in [2.45, 2.75) is 12.8 Å². The first-order valence-corrected chi connectivity index (χ1v) is 9.30. The number of piperazine rings is 1. The third-order valence-corrected chi connectivity index (χ3v) is 4.51. The molecule has 2 aromatic carbocycles. The predicted molar refractivity (Wildman–Crippen MR) is 106 cm³/mol. The van der Waals surface area contributed by atoms with Gasteiger partial charge in [0.15, 0.2) is 0 Å². The lowest BCUT2D eigenvalue weighted by atomic mass is 10.1. The molecule has 1 fully saturated rings. The zero-order valence-electron chi connectivity index (χ0n) is 14.9. The lowest BCUT2D eigenvalue weighted by Gasteiger charge is -2.27. The second-order valence-electron chi connectivity index (χ2n) is 6.43. The summed E-state index contributed by atoms with van der Waals surface area (Å²) in [4.78, 5) is 2.53. The minimum atomic E-state index is 0.780. The van der Waals surface area contributed by atoms with Crippen LogP contribution in [0, 0.1) is 0 Å². The fourth-order valence-corrected chi connectivity index (χ4v) is 3.05. The van der Waals surface area contributed by atoms with Gasteiger partial charge in [0.05, 0.1) is 6.61 Å². The van der Waals surface area contributed by atoms with Gasteiger partial charge in [0.1, 0.15) is 5.75 Å². The van der Waals surface area contributed by atoms with Crippen LogP contribution >= 0.6 is 0 Å². The summed E-state index contributed by atoms with van der Waals surface area (Å²) in [6, 6.07) is 18.6. The Balaban J connectivity index is 1.45. The molecule has 1 aliphatic rings. The van der Waals surface area contributed by atoms with E-state index in [1.54, 1.807) is 0 Å². The minimum absolute atomic E-state index is 0.780. The minimum Gasteiger partial charge on any atom is -0.493 e. The quantitative estimate of drug-likeness (QED) is 0.584. The Morgan fingerprint density at radius 3 is 2.48 bits per heavy atom. The van der Waals surface area contributed by atoms with Crippen LogP contribution in [0.15, 0.2) is 54.6 Å².